The molecular weight excluding hydrogens is 246 g/mol. The molecule has 0 saturated carbocycles. The summed E-state index contributed by atoms with van der Waals surface area (Å²) in [6, 6.07) is 0.336. The summed E-state index contributed by atoms with van der Waals surface area (Å²) >= 11 is 0. The van der Waals surface area contributed by atoms with Gasteiger partial charge in [-0.05, 0) is 13.3 Å². The van der Waals surface area contributed by atoms with E-state index in [1.165, 1.54) is 0 Å². The SMILES string of the molecule is CCCNc1nc(OC)nc(N2CCOC(C)C2)n1. The maximum Gasteiger partial charge on any atom is 0.322 e. The van der Waals surface area contributed by atoms with Gasteiger partial charge in [0.2, 0.25) is 11.9 Å². The Hall–Kier alpha value is -1.63. The van der Waals surface area contributed by atoms with Crippen molar-refractivity contribution in [2.75, 3.05) is 43.6 Å². The van der Waals surface area contributed by atoms with Gasteiger partial charge in [-0.1, -0.05) is 6.92 Å². The summed E-state index contributed by atoms with van der Waals surface area (Å²) in [6.07, 6.45) is 1.20. The Morgan fingerprint density at radius 3 is 2.95 bits per heavy atom. The number of hydrogen-bond donors (Lipinski definition) is 1. The van der Waals surface area contributed by atoms with E-state index < -0.39 is 0 Å². The van der Waals surface area contributed by atoms with E-state index in [-0.39, 0.29) is 6.10 Å². The quantitative estimate of drug-likeness (QED) is 0.850. The van der Waals surface area contributed by atoms with Gasteiger partial charge in [0.1, 0.15) is 0 Å². The minimum atomic E-state index is 0.184. The summed E-state index contributed by atoms with van der Waals surface area (Å²) in [5.41, 5.74) is 0. The molecule has 7 nitrogen and oxygen atoms in total. The second-order valence-corrected chi connectivity index (χ2v) is 4.50. The third kappa shape index (κ3) is 3.66. The molecular formula is C12H21N5O2. The summed E-state index contributed by atoms with van der Waals surface area (Å²) in [6.45, 7) is 7.21. The van der Waals surface area contributed by atoms with Crippen LogP contribution in [0.1, 0.15) is 20.3 Å². The van der Waals surface area contributed by atoms with E-state index >= 15 is 0 Å². The number of methoxy groups -OCH3 is 1. The van der Waals surface area contributed by atoms with Crippen molar-refractivity contribution in [3.05, 3.63) is 0 Å². The van der Waals surface area contributed by atoms with Crippen molar-refractivity contribution in [1.29, 1.82) is 0 Å². The Morgan fingerprint density at radius 1 is 1.42 bits per heavy atom. The third-order valence-corrected chi connectivity index (χ3v) is 2.84. The summed E-state index contributed by atoms with van der Waals surface area (Å²) < 4.78 is 10.7. The highest BCUT2D eigenvalue weighted by atomic mass is 16.5. The Labute approximate surface area is 113 Å². The van der Waals surface area contributed by atoms with Crippen molar-refractivity contribution < 1.29 is 9.47 Å². The minimum Gasteiger partial charge on any atom is -0.467 e. The van der Waals surface area contributed by atoms with Crippen molar-refractivity contribution in [2.24, 2.45) is 0 Å². The van der Waals surface area contributed by atoms with Crippen molar-refractivity contribution >= 4 is 11.9 Å². The van der Waals surface area contributed by atoms with E-state index in [4.69, 9.17) is 9.47 Å². The fourth-order valence-corrected chi connectivity index (χ4v) is 1.89. The van der Waals surface area contributed by atoms with E-state index in [2.05, 4.69) is 32.1 Å². The van der Waals surface area contributed by atoms with Crippen molar-refractivity contribution in [2.45, 2.75) is 26.4 Å². The first-order valence-electron chi connectivity index (χ1n) is 6.63. The highest BCUT2D eigenvalue weighted by Crippen LogP contribution is 2.17. The lowest BCUT2D eigenvalue weighted by Crippen LogP contribution is -2.42. The molecule has 1 aliphatic heterocycles. The number of anilines is 2. The molecule has 1 atom stereocenters. The first-order chi connectivity index (χ1) is 9.22. The fraction of sp³-hybridized carbons (Fsp3) is 0.750. The number of nitrogens with one attached hydrogen (secondary N) is 1. The molecule has 0 spiro atoms. The molecule has 1 saturated heterocycles. The van der Waals surface area contributed by atoms with Crippen molar-refractivity contribution in [1.82, 2.24) is 15.0 Å². The second kappa shape index (κ2) is 6.51. The summed E-state index contributed by atoms with van der Waals surface area (Å²) in [7, 11) is 1.56. The van der Waals surface area contributed by atoms with Crippen molar-refractivity contribution in [3.8, 4) is 6.01 Å². The van der Waals surface area contributed by atoms with Crippen LogP contribution < -0.4 is 15.0 Å². The maximum absolute atomic E-state index is 5.52. The van der Waals surface area contributed by atoms with Gasteiger partial charge in [0.05, 0.1) is 19.8 Å². The van der Waals surface area contributed by atoms with Crippen LogP contribution in [0.3, 0.4) is 0 Å². The van der Waals surface area contributed by atoms with Crippen LogP contribution in [0, 0.1) is 0 Å². The van der Waals surface area contributed by atoms with Gasteiger partial charge >= 0.3 is 6.01 Å². The molecule has 1 aromatic heterocycles. The number of aromatic nitrogens is 3. The van der Waals surface area contributed by atoms with Gasteiger partial charge in [0.25, 0.3) is 0 Å². The monoisotopic (exact) mass is 267 g/mol. The van der Waals surface area contributed by atoms with E-state index in [0.29, 0.717) is 24.5 Å². The average Bonchev–Trinajstić information content (AvgIpc) is 2.44. The molecule has 0 radical (unpaired) electrons. The standard InChI is InChI=1S/C12H21N5O2/c1-4-5-13-10-14-11(16-12(15-10)18-3)17-6-7-19-9(2)8-17/h9H,4-8H2,1-3H3,(H,13,14,15,16). The molecule has 0 aromatic carbocycles. The zero-order valence-electron chi connectivity index (χ0n) is 11.7. The molecule has 19 heavy (non-hydrogen) atoms. The van der Waals surface area contributed by atoms with E-state index in [9.17, 15) is 0 Å². The number of nitrogens with zero attached hydrogens (tertiary/aromatic N) is 4. The van der Waals surface area contributed by atoms with Gasteiger partial charge < -0.3 is 19.7 Å². The highest BCUT2D eigenvalue weighted by Gasteiger charge is 2.20. The number of rotatable bonds is 5. The predicted molar refractivity (Wildman–Crippen MR) is 72.8 cm³/mol. The lowest BCUT2D eigenvalue weighted by molar-refractivity contribution is 0.0526. The van der Waals surface area contributed by atoms with Crippen LogP contribution in [0.5, 0.6) is 6.01 Å². The number of ether oxygens (including phenoxy) is 2. The molecule has 106 valence electrons. The van der Waals surface area contributed by atoms with Gasteiger partial charge in [0.15, 0.2) is 0 Å². The van der Waals surface area contributed by atoms with Crippen LogP contribution in [0.15, 0.2) is 0 Å². The fourth-order valence-electron chi connectivity index (χ4n) is 1.89. The lowest BCUT2D eigenvalue weighted by Gasteiger charge is -2.31. The third-order valence-electron chi connectivity index (χ3n) is 2.84. The van der Waals surface area contributed by atoms with Gasteiger partial charge in [-0.25, -0.2) is 0 Å². The predicted octanol–water partition coefficient (Wildman–Crippen LogP) is 0.927. The number of hydrogen-bond acceptors (Lipinski definition) is 7. The highest BCUT2D eigenvalue weighted by molar-refractivity contribution is 5.38. The Balaban J connectivity index is 2.17. The molecule has 0 bridgehead atoms. The minimum absolute atomic E-state index is 0.184. The van der Waals surface area contributed by atoms with Crippen LogP contribution in [0.25, 0.3) is 0 Å². The molecule has 1 N–H and O–H groups in total. The van der Waals surface area contributed by atoms with E-state index in [1.54, 1.807) is 7.11 Å². The average molecular weight is 267 g/mol. The van der Waals surface area contributed by atoms with Gasteiger partial charge in [0, 0.05) is 19.6 Å². The van der Waals surface area contributed by atoms with Gasteiger partial charge in [-0.15, -0.1) is 0 Å². The summed E-state index contributed by atoms with van der Waals surface area (Å²) in [4.78, 5) is 15.0. The molecule has 1 fully saturated rings. The smallest absolute Gasteiger partial charge is 0.322 e. The lowest BCUT2D eigenvalue weighted by atomic mass is 10.3. The molecule has 2 rings (SSSR count). The van der Waals surface area contributed by atoms with Crippen LogP contribution in [0.2, 0.25) is 0 Å². The van der Waals surface area contributed by atoms with E-state index in [1.807, 2.05) is 6.92 Å². The van der Waals surface area contributed by atoms with Crippen molar-refractivity contribution in [3.63, 3.8) is 0 Å². The zero-order valence-corrected chi connectivity index (χ0v) is 11.7. The maximum atomic E-state index is 5.52. The van der Waals surface area contributed by atoms with Crippen LogP contribution in [-0.4, -0.2) is 54.4 Å². The molecule has 7 heteroatoms. The van der Waals surface area contributed by atoms with Crippen LogP contribution in [-0.2, 0) is 4.74 Å². The Morgan fingerprint density at radius 2 is 2.26 bits per heavy atom. The first kappa shape index (κ1) is 13.8. The van der Waals surface area contributed by atoms with E-state index in [0.717, 1.165) is 26.1 Å². The van der Waals surface area contributed by atoms with Crippen LogP contribution in [0.4, 0.5) is 11.9 Å². The second-order valence-electron chi connectivity index (χ2n) is 4.50. The normalized spacial score (nSPS) is 19.3. The summed E-state index contributed by atoms with van der Waals surface area (Å²) in [5, 5.41) is 3.16. The molecule has 1 aliphatic rings. The van der Waals surface area contributed by atoms with Gasteiger partial charge in [-0.3, -0.25) is 0 Å². The molecule has 0 amide bonds. The van der Waals surface area contributed by atoms with Crippen LogP contribution >= 0.6 is 0 Å². The topological polar surface area (TPSA) is 72.4 Å². The van der Waals surface area contributed by atoms with Gasteiger partial charge in [-0.2, -0.15) is 15.0 Å². The largest absolute Gasteiger partial charge is 0.467 e. The Kier molecular flexibility index (Phi) is 4.73. The summed E-state index contributed by atoms with van der Waals surface area (Å²) in [5.74, 6) is 1.20. The zero-order chi connectivity index (χ0) is 13.7. The number of morpholine rings is 1. The molecule has 0 aliphatic carbocycles. The molecule has 1 aromatic rings. The first-order valence-corrected chi connectivity index (χ1v) is 6.63. The Bertz CT molecular complexity index is 415. The molecule has 1 unspecified atom stereocenters. The molecule has 2 heterocycles.